The van der Waals surface area contributed by atoms with Crippen molar-refractivity contribution in [1.29, 1.82) is 0 Å². The summed E-state index contributed by atoms with van der Waals surface area (Å²) in [6.07, 6.45) is 2.68. The van der Waals surface area contributed by atoms with Gasteiger partial charge < -0.3 is 15.0 Å². The van der Waals surface area contributed by atoms with Crippen LogP contribution in [-0.2, 0) is 14.3 Å². The minimum Gasteiger partial charge on any atom is -0.383 e. The molecule has 0 aliphatic carbocycles. The summed E-state index contributed by atoms with van der Waals surface area (Å²) in [4.78, 5) is 34.1. The highest BCUT2D eigenvalue weighted by molar-refractivity contribution is 6.15. The fourth-order valence-electron chi connectivity index (χ4n) is 3.24. The zero-order chi connectivity index (χ0) is 19.7. The van der Waals surface area contributed by atoms with Crippen LogP contribution in [0.3, 0.4) is 0 Å². The lowest BCUT2D eigenvalue weighted by Gasteiger charge is -2.18. The number of aromatic nitrogens is 4. The van der Waals surface area contributed by atoms with E-state index in [1.807, 2.05) is 4.90 Å². The van der Waals surface area contributed by atoms with Crippen molar-refractivity contribution in [3.05, 3.63) is 17.3 Å². The van der Waals surface area contributed by atoms with Crippen LogP contribution >= 0.6 is 0 Å². The summed E-state index contributed by atoms with van der Waals surface area (Å²) in [5.74, 6) is 0.0727. The van der Waals surface area contributed by atoms with Crippen molar-refractivity contribution in [2.24, 2.45) is 0 Å². The number of nitrogens with zero attached hydrogens (tertiary/aromatic N) is 5. The van der Waals surface area contributed by atoms with Gasteiger partial charge >= 0.3 is 0 Å². The van der Waals surface area contributed by atoms with Gasteiger partial charge in [-0.3, -0.25) is 14.9 Å². The number of rotatable bonds is 6. The first-order chi connectivity index (χ1) is 13.5. The van der Waals surface area contributed by atoms with Gasteiger partial charge in [-0.25, -0.2) is 4.39 Å². The molecule has 0 saturated carbocycles. The Morgan fingerprint density at radius 1 is 1.43 bits per heavy atom. The van der Waals surface area contributed by atoms with Gasteiger partial charge in [0.2, 0.25) is 17.8 Å². The molecule has 0 unspecified atom stereocenters. The van der Waals surface area contributed by atoms with Gasteiger partial charge in [0, 0.05) is 31.3 Å². The molecule has 2 aliphatic rings. The highest BCUT2D eigenvalue weighted by Crippen LogP contribution is 2.25. The Morgan fingerprint density at radius 3 is 2.96 bits per heavy atom. The Labute approximate surface area is 159 Å². The van der Waals surface area contributed by atoms with Crippen molar-refractivity contribution >= 4 is 35.4 Å². The summed E-state index contributed by atoms with van der Waals surface area (Å²) in [5.41, 5.74) is 1.39. The fraction of sp³-hybridized carbons (Fsp3) is 0.471. The third-order valence-corrected chi connectivity index (χ3v) is 4.61. The SMILES string of the molecule is COCCNc1nc(N2CC[C@@H](F)C2)n2ncc(/C=C3\CC(=O)NC3=O)c2n1. The highest BCUT2D eigenvalue weighted by atomic mass is 19.1. The molecule has 28 heavy (non-hydrogen) atoms. The Morgan fingerprint density at radius 2 is 2.29 bits per heavy atom. The number of nitrogens with one attached hydrogen (secondary N) is 2. The monoisotopic (exact) mass is 389 g/mol. The molecule has 1 atom stereocenters. The lowest BCUT2D eigenvalue weighted by molar-refractivity contribution is -0.124. The number of carbonyl (C=O) groups is 2. The van der Waals surface area contributed by atoms with Crippen LogP contribution in [0.15, 0.2) is 11.8 Å². The summed E-state index contributed by atoms with van der Waals surface area (Å²) in [6.45, 7) is 1.73. The second kappa shape index (κ2) is 7.50. The number of ether oxygens (including phenoxy) is 1. The molecular weight excluding hydrogens is 369 g/mol. The molecule has 4 rings (SSSR count). The number of imide groups is 1. The molecular formula is C17H20FN7O3. The number of methoxy groups -OCH3 is 1. The van der Waals surface area contributed by atoms with Crippen LogP contribution in [0.1, 0.15) is 18.4 Å². The van der Waals surface area contributed by atoms with Gasteiger partial charge in [0.25, 0.3) is 5.91 Å². The van der Waals surface area contributed by atoms with Gasteiger partial charge in [-0.2, -0.15) is 19.6 Å². The molecule has 2 aromatic rings. The normalized spacial score (nSPS) is 21.1. The molecule has 2 amide bonds. The number of carbonyl (C=O) groups excluding carboxylic acids is 2. The van der Waals surface area contributed by atoms with E-state index in [9.17, 15) is 14.0 Å². The zero-order valence-corrected chi connectivity index (χ0v) is 15.3. The Bertz CT molecular complexity index is 958. The predicted octanol–water partition coefficient (Wildman–Crippen LogP) is 0.161. The lowest BCUT2D eigenvalue weighted by Crippen LogP contribution is -2.25. The zero-order valence-electron chi connectivity index (χ0n) is 15.3. The quantitative estimate of drug-likeness (QED) is 0.408. The van der Waals surface area contributed by atoms with Crippen molar-refractivity contribution in [1.82, 2.24) is 24.9 Å². The molecule has 10 nitrogen and oxygen atoms in total. The number of fused-ring (bicyclic) bond motifs is 1. The van der Waals surface area contributed by atoms with Crippen LogP contribution in [0.25, 0.3) is 11.7 Å². The van der Waals surface area contributed by atoms with Crippen molar-refractivity contribution in [3.63, 3.8) is 0 Å². The summed E-state index contributed by atoms with van der Waals surface area (Å²) in [5, 5.41) is 9.65. The molecule has 11 heteroatoms. The maximum atomic E-state index is 13.7. The fourth-order valence-corrected chi connectivity index (χ4v) is 3.24. The van der Waals surface area contributed by atoms with Gasteiger partial charge in [0.15, 0.2) is 5.65 Å². The molecule has 4 heterocycles. The van der Waals surface area contributed by atoms with E-state index in [4.69, 9.17) is 4.74 Å². The topological polar surface area (TPSA) is 114 Å². The van der Waals surface area contributed by atoms with Crippen molar-refractivity contribution in [3.8, 4) is 0 Å². The number of anilines is 2. The Balaban J connectivity index is 1.75. The molecule has 2 aromatic heterocycles. The number of hydrogen-bond acceptors (Lipinski definition) is 8. The summed E-state index contributed by atoms with van der Waals surface area (Å²) >= 11 is 0. The second-order valence-corrected chi connectivity index (χ2v) is 6.66. The first kappa shape index (κ1) is 18.3. The average molecular weight is 389 g/mol. The first-order valence-electron chi connectivity index (χ1n) is 8.97. The van der Waals surface area contributed by atoms with E-state index in [2.05, 4.69) is 25.7 Å². The molecule has 0 spiro atoms. The van der Waals surface area contributed by atoms with E-state index in [0.717, 1.165) is 0 Å². The third-order valence-electron chi connectivity index (χ3n) is 4.61. The van der Waals surface area contributed by atoms with E-state index in [1.54, 1.807) is 19.4 Å². The minimum absolute atomic E-state index is 0.0166. The largest absolute Gasteiger partial charge is 0.383 e. The average Bonchev–Trinajstić information content (AvgIpc) is 3.35. The molecule has 2 fully saturated rings. The molecule has 148 valence electrons. The second-order valence-electron chi connectivity index (χ2n) is 6.66. The standard InChI is InChI=1S/C17H20FN7O3/c1-28-5-3-19-16-22-14-11(6-10-7-13(26)21-15(10)27)8-20-25(14)17(23-16)24-4-2-12(18)9-24/h6,8,12H,2-5,7,9H2,1H3,(H,19,22)(H,21,26,27)/b10-6+/t12-/m1/s1. The summed E-state index contributed by atoms with van der Waals surface area (Å²) < 4.78 is 20.3. The summed E-state index contributed by atoms with van der Waals surface area (Å²) in [6, 6.07) is 0. The van der Waals surface area contributed by atoms with Gasteiger partial charge in [0.1, 0.15) is 6.17 Å². The minimum atomic E-state index is -0.916. The predicted molar refractivity (Wildman–Crippen MR) is 98.6 cm³/mol. The lowest BCUT2D eigenvalue weighted by atomic mass is 10.1. The van der Waals surface area contributed by atoms with Crippen molar-refractivity contribution in [2.75, 3.05) is 43.6 Å². The van der Waals surface area contributed by atoms with Crippen LogP contribution < -0.4 is 15.5 Å². The van der Waals surface area contributed by atoms with E-state index in [1.165, 1.54) is 4.52 Å². The number of alkyl halides is 1. The maximum Gasteiger partial charge on any atom is 0.254 e. The molecule has 2 aliphatic heterocycles. The number of amides is 2. The van der Waals surface area contributed by atoms with Crippen LogP contribution in [-0.4, -0.2) is 70.9 Å². The molecule has 2 N–H and O–H groups in total. The molecule has 0 radical (unpaired) electrons. The number of hydrogen-bond donors (Lipinski definition) is 2. The number of halogens is 1. The van der Waals surface area contributed by atoms with Gasteiger partial charge in [-0.1, -0.05) is 0 Å². The van der Waals surface area contributed by atoms with Gasteiger partial charge in [0.05, 0.1) is 25.8 Å². The van der Waals surface area contributed by atoms with E-state index >= 15 is 0 Å². The van der Waals surface area contributed by atoms with Crippen molar-refractivity contribution < 1.29 is 18.7 Å². The molecule has 0 aromatic carbocycles. The van der Waals surface area contributed by atoms with Crippen LogP contribution in [0, 0.1) is 0 Å². The highest BCUT2D eigenvalue weighted by Gasteiger charge is 2.27. The maximum absolute atomic E-state index is 13.7. The Kier molecular flexibility index (Phi) is 4.90. The van der Waals surface area contributed by atoms with Crippen LogP contribution in [0.5, 0.6) is 0 Å². The van der Waals surface area contributed by atoms with Crippen LogP contribution in [0.4, 0.5) is 16.3 Å². The van der Waals surface area contributed by atoms with Crippen LogP contribution in [0.2, 0.25) is 0 Å². The van der Waals surface area contributed by atoms with E-state index in [-0.39, 0.29) is 18.9 Å². The van der Waals surface area contributed by atoms with Gasteiger partial charge in [-0.05, 0) is 12.5 Å². The van der Waals surface area contributed by atoms with Crippen molar-refractivity contribution in [2.45, 2.75) is 19.0 Å². The third kappa shape index (κ3) is 3.52. The Hall–Kier alpha value is -3.08. The van der Waals surface area contributed by atoms with Gasteiger partial charge in [-0.15, -0.1) is 0 Å². The first-order valence-corrected chi connectivity index (χ1v) is 8.97. The molecule has 0 bridgehead atoms. The smallest absolute Gasteiger partial charge is 0.254 e. The van der Waals surface area contributed by atoms with E-state index in [0.29, 0.717) is 54.8 Å². The molecule has 2 saturated heterocycles. The van der Waals surface area contributed by atoms with E-state index < -0.39 is 12.1 Å². The summed E-state index contributed by atoms with van der Waals surface area (Å²) in [7, 11) is 1.60.